The number of nitrogen functional groups attached to an aromatic ring is 1. The van der Waals surface area contributed by atoms with Crippen molar-refractivity contribution in [2.24, 2.45) is 0 Å². The second kappa shape index (κ2) is 7.91. The summed E-state index contributed by atoms with van der Waals surface area (Å²) in [7, 11) is 0. The first kappa shape index (κ1) is 21.5. The molecule has 0 radical (unpaired) electrons. The highest BCUT2D eigenvalue weighted by atomic mass is 19.1. The van der Waals surface area contributed by atoms with Gasteiger partial charge in [-0.3, -0.25) is 4.68 Å². The van der Waals surface area contributed by atoms with Gasteiger partial charge in [-0.2, -0.15) is 9.61 Å². The van der Waals surface area contributed by atoms with Crippen molar-refractivity contribution in [2.75, 3.05) is 17.2 Å². The molecule has 3 N–H and O–H groups in total. The van der Waals surface area contributed by atoms with Crippen molar-refractivity contribution in [1.82, 2.24) is 29.4 Å². The smallest absolute Gasteiger partial charge is 0.223 e. The molecule has 3 aromatic heterocycles. The molecule has 0 saturated carbocycles. The maximum absolute atomic E-state index is 14.3. The minimum atomic E-state index is -0.787. The molecule has 4 aromatic rings. The van der Waals surface area contributed by atoms with Gasteiger partial charge in [-0.15, -0.1) is 5.10 Å². The van der Waals surface area contributed by atoms with Crippen LogP contribution in [0.15, 0.2) is 24.5 Å². The number of fused-ring (bicyclic) bond motifs is 3. The molecule has 0 bridgehead atoms. The Kier molecular flexibility index (Phi) is 5.15. The normalized spacial score (nSPS) is 21.1. The number of hydrogen-bond acceptors (Lipinski definition) is 7. The highest BCUT2D eigenvalue weighted by molar-refractivity contribution is 5.92. The van der Waals surface area contributed by atoms with Gasteiger partial charge in [0, 0.05) is 30.8 Å². The van der Waals surface area contributed by atoms with Crippen molar-refractivity contribution in [3.63, 3.8) is 0 Å². The molecule has 0 aliphatic carbocycles. The molecule has 1 aromatic carbocycles. The van der Waals surface area contributed by atoms with E-state index in [-0.39, 0.29) is 40.5 Å². The summed E-state index contributed by atoms with van der Waals surface area (Å²) in [5.74, 6) is -0.950. The lowest BCUT2D eigenvalue weighted by Crippen LogP contribution is -2.41. The van der Waals surface area contributed by atoms with E-state index in [9.17, 15) is 13.9 Å². The monoisotopic (exact) mass is 456 g/mol. The van der Waals surface area contributed by atoms with Gasteiger partial charge >= 0.3 is 0 Å². The Morgan fingerprint density at radius 2 is 1.97 bits per heavy atom. The Hall–Kier alpha value is -3.34. The van der Waals surface area contributed by atoms with Crippen LogP contribution in [0.25, 0.3) is 16.6 Å². The second-order valence-corrected chi connectivity index (χ2v) is 8.89. The molecule has 9 nitrogen and oxygen atoms in total. The topological polar surface area (TPSA) is 110 Å². The van der Waals surface area contributed by atoms with E-state index in [0.717, 1.165) is 24.6 Å². The van der Waals surface area contributed by atoms with E-state index in [0.29, 0.717) is 12.4 Å². The van der Waals surface area contributed by atoms with Crippen LogP contribution in [0.2, 0.25) is 0 Å². The maximum atomic E-state index is 14.3. The first-order chi connectivity index (χ1) is 15.7. The number of anilines is 2. The highest BCUT2D eigenvalue weighted by Crippen LogP contribution is 2.33. The minimum absolute atomic E-state index is 0.00354. The number of aliphatic hydroxyl groups is 1. The standard InChI is InChI=1S/C22H26F2N8O/c1-11-4-5-14(9-30(11)16-8-26-31(10-16)12(2)13(3)33)20-28-21-17-6-15(23)7-18(24)19(17)27-22(25)32(21)29-20/h6-8,10-14,33H,4-5,9H2,1-3H3,(H2,25,27)/t11-,12+,13+,14+/m1/s1. The number of aliphatic hydroxyl groups excluding tert-OH is 1. The largest absolute Gasteiger partial charge is 0.391 e. The van der Waals surface area contributed by atoms with Crippen molar-refractivity contribution >= 4 is 28.2 Å². The van der Waals surface area contributed by atoms with Gasteiger partial charge in [0.1, 0.15) is 11.3 Å². The predicted molar refractivity (Wildman–Crippen MR) is 120 cm³/mol. The first-order valence-corrected chi connectivity index (χ1v) is 11.0. The van der Waals surface area contributed by atoms with Crippen molar-refractivity contribution in [3.05, 3.63) is 42.0 Å². The molecule has 1 aliphatic heterocycles. The van der Waals surface area contributed by atoms with E-state index in [2.05, 4.69) is 32.0 Å². The van der Waals surface area contributed by atoms with Crippen LogP contribution >= 0.6 is 0 Å². The number of hydrogen-bond donors (Lipinski definition) is 2. The van der Waals surface area contributed by atoms with E-state index in [1.165, 1.54) is 10.6 Å². The van der Waals surface area contributed by atoms with Crippen molar-refractivity contribution in [2.45, 2.75) is 57.7 Å². The van der Waals surface area contributed by atoms with Crippen molar-refractivity contribution in [1.29, 1.82) is 0 Å². The van der Waals surface area contributed by atoms with Crippen molar-refractivity contribution in [3.8, 4) is 0 Å². The minimum Gasteiger partial charge on any atom is -0.391 e. The molecule has 33 heavy (non-hydrogen) atoms. The lowest BCUT2D eigenvalue weighted by molar-refractivity contribution is 0.132. The molecule has 0 spiro atoms. The summed E-state index contributed by atoms with van der Waals surface area (Å²) in [6.45, 7) is 6.46. The Morgan fingerprint density at radius 1 is 1.18 bits per heavy atom. The Bertz CT molecular complexity index is 1330. The molecule has 11 heteroatoms. The summed E-state index contributed by atoms with van der Waals surface area (Å²) in [6, 6.07) is 2.13. The van der Waals surface area contributed by atoms with Crippen LogP contribution in [0.3, 0.4) is 0 Å². The van der Waals surface area contributed by atoms with Gasteiger partial charge < -0.3 is 15.7 Å². The Balaban J connectivity index is 1.50. The zero-order chi connectivity index (χ0) is 23.4. The Labute approximate surface area is 188 Å². The molecule has 4 heterocycles. The predicted octanol–water partition coefficient (Wildman–Crippen LogP) is 3.05. The first-order valence-electron chi connectivity index (χ1n) is 11.0. The van der Waals surface area contributed by atoms with Gasteiger partial charge in [-0.1, -0.05) is 0 Å². The van der Waals surface area contributed by atoms with E-state index in [4.69, 9.17) is 5.73 Å². The summed E-state index contributed by atoms with van der Waals surface area (Å²) in [4.78, 5) is 10.9. The van der Waals surface area contributed by atoms with Gasteiger partial charge in [0.25, 0.3) is 0 Å². The Morgan fingerprint density at radius 3 is 2.73 bits per heavy atom. The number of halogens is 2. The van der Waals surface area contributed by atoms with Crippen LogP contribution in [0.1, 0.15) is 51.4 Å². The fourth-order valence-corrected chi connectivity index (χ4v) is 4.44. The number of rotatable bonds is 4. The number of benzene rings is 1. The quantitative estimate of drug-likeness (QED) is 0.486. The lowest BCUT2D eigenvalue weighted by Gasteiger charge is -2.37. The van der Waals surface area contributed by atoms with Gasteiger partial charge in [0.2, 0.25) is 5.95 Å². The van der Waals surface area contributed by atoms with Gasteiger partial charge in [0.15, 0.2) is 17.3 Å². The van der Waals surface area contributed by atoms with E-state index in [1.54, 1.807) is 17.8 Å². The van der Waals surface area contributed by atoms with E-state index in [1.807, 2.05) is 13.1 Å². The van der Waals surface area contributed by atoms with Crippen molar-refractivity contribution < 1.29 is 13.9 Å². The van der Waals surface area contributed by atoms with Crippen LogP contribution < -0.4 is 10.6 Å². The molecule has 5 rings (SSSR count). The summed E-state index contributed by atoms with van der Waals surface area (Å²) in [6.07, 6.45) is 5.00. The third-order valence-electron chi connectivity index (χ3n) is 6.62. The number of nitrogens with two attached hydrogens (primary N) is 1. The second-order valence-electron chi connectivity index (χ2n) is 8.89. The van der Waals surface area contributed by atoms with Crippen LogP contribution in [0.5, 0.6) is 0 Å². The zero-order valence-corrected chi connectivity index (χ0v) is 18.7. The fourth-order valence-electron chi connectivity index (χ4n) is 4.44. The molecule has 174 valence electrons. The maximum Gasteiger partial charge on any atom is 0.223 e. The summed E-state index contributed by atoms with van der Waals surface area (Å²) in [5.41, 5.74) is 7.23. The van der Waals surface area contributed by atoms with Gasteiger partial charge in [-0.05, 0) is 39.7 Å². The highest BCUT2D eigenvalue weighted by Gasteiger charge is 2.31. The number of aromatic nitrogens is 6. The SMILES string of the molecule is C[C@H](O)[C@H](C)n1cc(N2C[C@@H](c3nc4c5cc(F)cc(F)c5nc(N)n4n3)CC[C@H]2C)cn1. The van der Waals surface area contributed by atoms with Crippen LogP contribution in [-0.2, 0) is 0 Å². The van der Waals surface area contributed by atoms with E-state index >= 15 is 0 Å². The lowest BCUT2D eigenvalue weighted by atomic mass is 9.92. The molecule has 0 unspecified atom stereocenters. The van der Waals surface area contributed by atoms with Crippen LogP contribution in [-0.4, -0.2) is 53.2 Å². The fraction of sp³-hybridized carbons (Fsp3) is 0.455. The molecule has 1 aliphatic rings. The van der Waals surface area contributed by atoms with Crippen LogP contribution in [0.4, 0.5) is 20.4 Å². The molecular formula is C22H26F2N8O. The molecular weight excluding hydrogens is 430 g/mol. The summed E-state index contributed by atoms with van der Waals surface area (Å²) >= 11 is 0. The third kappa shape index (κ3) is 3.65. The zero-order valence-electron chi connectivity index (χ0n) is 18.7. The molecule has 1 fully saturated rings. The third-order valence-corrected chi connectivity index (χ3v) is 6.62. The average molecular weight is 457 g/mol. The molecule has 0 amide bonds. The van der Waals surface area contributed by atoms with E-state index < -0.39 is 17.7 Å². The summed E-state index contributed by atoms with van der Waals surface area (Å²) in [5, 5.41) is 19.1. The number of nitrogens with zero attached hydrogens (tertiary/aromatic N) is 7. The van der Waals surface area contributed by atoms with Gasteiger partial charge in [-0.25, -0.2) is 18.7 Å². The van der Waals surface area contributed by atoms with Crippen LogP contribution in [0, 0.1) is 11.6 Å². The summed E-state index contributed by atoms with van der Waals surface area (Å²) < 4.78 is 31.3. The molecule has 1 saturated heterocycles. The number of piperidine rings is 1. The van der Waals surface area contributed by atoms with Gasteiger partial charge in [0.05, 0.1) is 29.4 Å². The molecule has 4 atom stereocenters. The average Bonchev–Trinajstić information content (AvgIpc) is 3.43.